The van der Waals surface area contributed by atoms with Crippen LogP contribution in [0.3, 0.4) is 0 Å². The second kappa shape index (κ2) is 6.09. The van der Waals surface area contributed by atoms with Gasteiger partial charge in [0.1, 0.15) is 16.0 Å². The summed E-state index contributed by atoms with van der Waals surface area (Å²) >= 11 is 3.53. The standard InChI is InChI=1S/C14H21BrO3Si/c1-14(2,3)11-9(8-16)7-10(17-4)12(15)13(11)18-19(5)6/h7-8,19H,1-6H3. The van der Waals surface area contributed by atoms with E-state index in [1.165, 1.54) is 0 Å². The molecule has 0 radical (unpaired) electrons. The Morgan fingerprint density at radius 3 is 2.26 bits per heavy atom. The predicted molar refractivity (Wildman–Crippen MR) is 84.3 cm³/mol. The molecule has 0 aliphatic heterocycles. The van der Waals surface area contributed by atoms with Crippen molar-refractivity contribution in [1.82, 2.24) is 0 Å². The molecule has 0 amide bonds. The van der Waals surface area contributed by atoms with Gasteiger partial charge in [0.05, 0.1) is 7.11 Å². The van der Waals surface area contributed by atoms with Gasteiger partial charge in [-0.15, -0.1) is 0 Å². The molecule has 5 heteroatoms. The lowest BCUT2D eigenvalue weighted by Crippen LogP contribution is -2.21. The molecule has 0 aliphatic carbocycles. The fourth-order valence-corrected chi connectivity index (χ4v) is 3.44. The Morgan fingerprint density at radius 1 is 1.32 bits per heavy atom. The zero-order valence-corrected chi connectivity index (χ0v) is 15.1. The maximum absolute atomic E-state index is 11.4. The third kappa shape index (κ3) is 3.60. The minimum Gasteiger partial charge on any atom is -0.546 e. The molecule has 0 atom stereocenters. The van der Waals surface area contributed by atoms with E-state index < -0.39 is 9.04 Å². The Labute approximate surface area is 125 Å². The maximum atomic E-state index is 11.4. The summed E-state index contributed by atoms with van der Waals surface area (Å²) in [5.41, 5.74) is 1.37. The topological polar surface area (TPSA) is 35.5 Å². The quantitative estimate of drug-likeness (QED) is 0.613. The third-order valence-corrected chi connectivity index (χ3v) is 4.13. The van der Waals surface area contributed by atoms with Gasteiger partial charge in [0, 0.05) is 11.1 Å². The first-order valence-electron chi connectivity index (χ1n) is 6.25. The minimum absolute atomic E-state index is 0.177. The molecule has 0 unspecified atom stereocenters. The van der Waals surface area contributed by atoms with Crippen LogP contribution in [0.25, 0.3) is 0 Å². The monoisotopic (exact) mass is 344 g/mol. The predicted octanol–water partition coefficient (Wildman–Crippen LogP) is 3.93. The van der Waals surface area contributed by atoms with Crippen LogP contribution >= 0.6 is 15.9 Å². The van der Waals surface area contributed by atoms with E-state index in [9.17, 15) is 4.79 Å². The van der Waals surface area contributed by atoms with E-state index in [0.717, 1.165) is 22.1 Å². The lowest BCUT2D eigenvalue weighted by Gasteiger charge is -2.27. The molecule has 0 heterocycles. The molecular weight excluding hydrogens is 324 g/mol. The second-order valence-corrected chi connectivity index (χ2v) is 8.85. The SMILES string of the molecule is COc1cc(C=O)c(C(C)(C)C)c(O[SiH](C)C)c1Br. The van der Waals surface area contributed by atoms with E-state index in [-0.39, 0.29) is 5.41 Å². The van der Waals surface area contributed by atoms with Gasteiger partial charge in [0.25, 0.3) is 0 Å². The van der Waals surface area contributed by atoms with E-state index in [4.69, 9.17) is 9.16 Å². The molecule has 0 fully saturated rings. The van der Waals surface area contributed by atoms with Crippen molar-refractivity contribution >= 4 is 31.3 Å². The van der Waals surface area contributed by atoms with Crippen LogP contribution in [0.15, 0.2) is 10.5 Å². The molecule has 1 rings (SSSR count). The molecular formula is C14H21BrO3Si. The van der Waals surface area contributed by atoms with Crippen molar-refractivity contribution < 1.29 is 14.0 Å². The molecule has 0 spiro atoms. The Balaban J connectivity index is 3.65. The zero-order chi connectivity index (χ0) is 14.8. The molecule has 3 nitrogen and oxygen atoms in total. The number of methoxy groups -OCH3 is 1. The van der Waals surface area contributed by atoms with Gasteiger partial charge in [-0.1, -0.05) is 20.8 Å². The molecule has 106 valence electrons. The van der Waals surface area contributed by atoms with E-state index in [1.807, 2.05) is 0 Å². The average Bonchev–Trinajstić information content (AvgIpc) is 2.29. The highest BCUT2D eigenvalue weighted by atomic mass is 79.9. The van der Waals surface area contributed by atoms with Crippen molar-refractivity contribution in [3.63, 3.8) is 0 Å². The highest BCUT2D eigenvalue weighted by Gasteiger charge is 2.27. The number of aldehydes is 1. The normalized spacial score (nSPS) is 11.6. The Hall–Kier alpha value is -0.813. The molecule has 0 aliphatic rings. The second-order valence-electron chi connectivity index (χ2n) is 5.72. The van der Waals surface area contributed by atoms with Crippen molar-refractivity contribution in [3.8, 4) is 11.5 Å². The van der Waals surface area contributed by atoms with Gasteiger partial charge in [0.15, 0.2) is 6.29 Å². The van der Waals surface area contributed by atoms with Gasteiger partial charge in [-0.3, -0.25) is 4.79 Å². The van der Waals surface area contributed by atoms with E-state index in [1.54, 1.807) is 13.2 Å². The first-order chi connectivity index (χ1) is 8.72. The Kier molecular flexibility index (Phi) is 5.21. The number of halogens is 1. The minimum atomic E-state index is -1.29. The molecule has 0 saturated carbocycles. The summed E-state index contributed by atoms with van der Waals surface area (Å²) in [6.45, 7) is 10.4. The Bertz CT molecular complexity index is 479. The highest BCUT2D eigenvalue weighted by molar-refractivity contribution is 9.10. The molecule has 1 aromatic carbocycles. The average molecular weight is 345 g/mol. The highest BCUT2D eigenvalue weighted by Crippen LogP contribution is 2.44. The lowest BCUT2D eigenvalue weighted by molar-refractivity contribution is 0.112. The van der Waals surface area contributed by atoms with Crippen LogP contribution in [0.4, 0.5) is 0 Å². The van der Waals surface area contributed by atoms with Crippen LogP contribution in [0.2, 0.25) is 13.1 Å². The van der Waals surface area contributed by atoms with Crippen LogP contribution in [0.1, 0.15) is 36.7 Å². The smallest absolute Gasteiger partial charge is 0.229 e. The van der Waals surface area contributed by atoms with Gasteiger partial charge in [-0.05, 0) is 40.5 Å². The first-order valence-corrected chi connectivity index (χ1v) is 9.82. The van der Waals surface area contributed by atoms with Gasteiger partial charge in [-0.2, -0.15) is 0 Å². The van der Waals surface area contributed by atoms with Gasteiger partial charge < -0.3 is 9.16 Å². The van der Waals surface area contributed by atoms with Crippen molar-refractivity contribution in [2.24, 2.45) is 0 Å². The van der Waals surface area contributed by atoms with Gasteiger partial charge in [-0.25, -0.2) is 0 Å². The van der Waals surface area contributed by atoms with Crippen LogP contribution < -0.4 is 9.16 Å². The van der Waals surface area contributed by atoms with E-state index in [0.29, 0.717) is 11.3 Å². The summed E-state index contributed by atoms with van der Waals surface area (Å²) in [7, 11) is 0.295. The van der Waals surface area contributed by atoms with Crippen molar-refractivity contribution in [3.05, 3.63) is 21.7 Å². The summed E-state index contributed by atoms with van der Waals surface area (Å²) in [5, 5.41) is 0. The summed E-state index contributed by atoms with van der Waals surface area (Å²) in [5.74, 6) is 1.37. The summed E-state index contributed by atoms with van der Waals surface area (Å²) < 4.78 is 12.1. The molecule has 19 heavy (non-hydrogen) atoms. The van der Waals surface area contributed by atoms with Gasteiger partial charge >= 0.3 is 0 Å². The van der Waals surface area contributed by atoms with Crippen molar-refractivity contribution in [1.29, 1.82) is 0 Å². The van der Waals surface area contributed by atoms with Crippen molar-refractivity contribution in [2.45, 2.75) is 39.3 Å². The summed E-state index contributed by atoms with van der Waals surface area (Å²) in [6, 6.07) is 1.76. The largest absolute Gasteiger partial charge is 0.546 e. The number of rotatable bonds is 4. The van der Waals surface area contributed by atoms with Crippen LogP contribution in [0.5, 0.6) is 11.5 Å². The summed E-state index contributed by atoms with van der Waals surface area (Å²) in [6.07, 6.45) is 0.865. The van der Waals surface area contributed by atoms with Crippen molar-refractivity contribution in [2.75, 3.05) is 7.11 Å². The number of benzene rings is 1. The fraction of sp³-hybridized carbons (Fsp3) is 0.500. The number of ether oxygens (including phenoxy) is 1. The van der Waals surface area contributed by atoms with Crippen LogP contribution in [0, 0.1) is 0 Å². The first kappa shape index (κ1) is 16.2. The van der Waals surface area contributed by atoms with E-state index >= 15 is 0 Å². The van der Waals surface area contributed by atoms with E-state index in [2.05, 4.69) is 49.8 Å². The fourth-order valence-electron chi connectivity index (χ4n) is 1.99. The van der Waals surface area contributed by atoms with Crippen LogP contribution in [-0.4, -0.2) is 22.4 Å². The maximum Gasteiger partial charge on any atom is 0.229 e. The zero-order valence-electron chi connectivity index (χ0n) is 12.3. The number of hydrogen-bond donors (Lipinski definition) is 0. The molecule has 0 bridgehead atoms. The van der Waals surface area contributed by atoms with Gasteiger partial charge in [0.2, 0.25) is 9.04 Å². The summed E-state index contributed by atoms with van der Waals surface area (Å²) in [4.78, 5) is 11.4. The Morgan fingerprint density at radius 2 is 1.89 bits per heavy atom. The lowest BCUT2D eigenvalue weighted by atomic mass is 9.83. The molecule has 0 aromatic heterocycles. The molecule has 0 N–H and O–H groups in total. The number of hydrogen-bond acceptors (Lipinski definition) is 3. The van der Waals surface area contributed by atoms with Crippen LogP contribution in [-0.2, 0) is 5.41 Å². The number of carbonyl (C=O) groups is 1. The third-order valence-electron chi connectivity index (χ3n) is 2.67. The molecule has 0 saturated heterocycles. The molecule has 1 aromatic rings. The number of carbonyl (C=O) groups excluding carboxylic acids is 1.